The molecule has 0 radical (unpaired) electrons. The normalized spacial score (nSPS) is 20.8. The van der Waals surface area contributed by atoms with E-state index in [-0.39, 0.29) is 0 Å². The molecule has 1 aromatic heterocycles. The van der Waals surface area contributed by atoms with Crippen LogP contribution in [-0.4, -0.2) is 11.1 Å². The highest BCUT2D eigenvalue weighted by molar-refractivity contribution is 5.24. The van der Waals surface area contributed by atoms with Gasteiger partial charge in [0.25, 0.3) is 0 Å². The summed E-state index contributed by atoms with van der Waals surface area (Å²) in [6, 6.07) is 4.38. The SMILES string of the molecule is Cc1cc(COC2CCC2)nc(C2CC2)c1. The second-order valence-electron chi connectivity index (χ2n) is 5.20. The number of aromatic nitrogens is 1. The smallest absolute Gasteiger partial charge is 0.0891 e. The quantitative estimate of drug-likeness (QED) is 0.771. The van der Waals surface area contributed by atoms with E-state index in [4.69, 9.17) is 9.72 Å². The van der Waals surface area contributed by atoms with Crippen LogP contribution in [0.2, 0.25) is 0 Å². The molecule has 2 aliphatic carbocycles. The molecule has 1 aromatic rings. The Morgan fingerprint density at radius 1 is 1.25 bits per heavy atom. The molecule has 0 saturated heterocycles. The Kier molecular flexibility index (Phi) is 2.68. The summed E-state index contributed by atoms with van der Waals surface area (Å²) in [5.74, 6) is 0.738. The number of pyridine rings is 1. The first kappa shape index (κ1) is 10.3. The van der Waals surface area contributed by atoms with Crippen molar-refractivity contribution in [1.82, 2.24) is 4.98 Å². The van der Waals surface area contributed by atoms with Crippen LogP contribution in [0.4, 0.5) is 0 Å². The third kappa shape index (κ3) is 2.27. The van der Waals surface area contributed by atoms with Crippen LogP contribution in [0.25, 0.3) is 0 Å². The predicted octanol–water partition coefficient (Wildman–Crippen LogP) is 3.34. The number of hydrogen-bond acceptors (Lipinski definition) is 2. The van der Waals surface area contributed by atoms with Crippen molar-refractivity contribution in [2.24, 2.45) is 0 Å². The van der Waals surface area contributed by atoms with Gasteiger partial charge < -0.3 is 4.74 Å². The van der Waals surface area contributed by atoms with Crippen molar-refractivity contribution in [3.05, 3.63) is 29.1 Å². The minimum atomic E-state index is 0.506. The lowest BCUT2D eigenvalue weighted by Gasteiger charge is -2.25. The molecule has 0 aliphatic heterocycles. The van der Waals surface area contributed by atoms with Gasteiger partial charge in [0.15, 0.2) is 0 Å². The van der Waals surface area contributed by atoms with Gasteiger partial charge in [0.1, 0.15) is 0 Å². The van der Waals surface area contributed by atoms with Crippen LogP contribution >= 0.6 is 0 Å². The summed E-state index contributed by atoms with van der Waals surface area (Å²) in [4.78, 5) is 4.70. The van der Waals surface area contributed by atoms with Gasteiger partial charge in [-0.1, -0.05) is 0 Å². The van der Waals surface area contributed by atoms with Crippen molar-refractivity contribution < 1.29 is 4.74 Å². The van der Waals surface area contributed by atoms with Gasteiger partial charge in [0, 0.05) is 11.6 Å². The molecule has 16 heavy (non-hydrogen) atoms. The van der Waals surface area contributed by atoms with Crippen molar-refractivity contribution in [2.75, 3.05) is 0 Å². The Hall–Kier alpha value is -0.890. The number of hydrogen-bond donors (Lipinski definition) is 0. The van der Waals surface area contributed by atoms with Crippen LogP contribution in [0, 0.1) is 6.92 Å². The van der Waals surface area contributed by atoms with Crippen molar-refractivity contribution >= 4 is 0 Å². The predicted molar refractivity (Wildman–Crippen MR) is 63.4 cm³/mol. The molecular formula is C14H19NO. The van der Waals surface area contributed by atoms with Crippen LogP contribution < -0.4 is 0 Å². The van der Waals surface area contributed by atoms with E-state index in [0.29, 0.717) is 12.7 Å². The standard InChI is InChI=1S/C14H19NO/c1-10-7-12(9-16-13-3-2-4-13)15-14(8-10)11-5-6-11/h7-8,11,13H,2-6,9H2,1H3. The maximum atomic E-state index is 5.81. The summed E-state index contributed by atoms with van der Waals surface area (Å²) in [5.41, 5.74) is 3.73. The van der Waals surface area contributed by atoms with E-state index in [1.54, 1.807) is 0 Å². The molecule has 2 nitrogen and oxygen atoms in total. The molecule has 2 aliphatic rings. The minimum absolute atomic E-state index is 0.506. The van der Waals surface area contributed by atoms with E-state index in [9.17, 15) is 0 Å². The Bertz CT molecular complexity index is 380. The second-order valence-corrected chi connectivity index (χ2v) is 5.20. The topological polar surface area (TPSA) is 22.1 Å². The van der Waals surface area contributed by atoms with E-state index >= 15 is 0 Å². The van der Waals surface area contributed by atoms with Crippen LogP contribution in [0.1, 0.15) is 55.0 Å². The fourth-order valence-electron chi connectivity index (χ4n) is 2.17. The second kappa shape index (κ2) is 4.17. The average Bonchev–Trinajstić information content (AvgIpc) is 2.97. The van der Waals surface area contributed by atoms with E-state index in [2.05, 4.69) is 19.1 Å². The highest BCUT2D eigenvalue weighted by Gasteiger charge is 2.25. The van der Waals surface area contributed by atoms with Crippen molar-refractivity contribution in [2.45, 2.75) is 57.7 Å². The molecule has 2 saturated carbocycles. The summed E-state index contributed by atoms with van der Waals surface area (Å²) in [5, 5.41) is 0. The lowest BCUT2D eigenvalue weighted by Crippen LogP contribution is -2.21. The van der Waals surface area contributed by atoms with E-state index in [1.165, 1.54) is 43.4 Å². The lowest BCUT2D eigenvalue weighted by atomic mass is 9.96. The van der Waals surface area contributed by atoms with Crippen molar-refractivity contribution in [3.8, 4) is 0 Å². The highest BCUT2D eigenvalue weighted by Crippen LogP contribution is 2.39. The van der Waals surface area contributed by atoms with E-state index in [0.717, 1.165) is 11.6 Å². The number of ether oxygens (including phenoxy) is 1. The molecule has 0 aromatic carbocycles. The molecule has 0 amide bonds. The largest absolute Gasteiger partial charge is 0.372 e. The van der Waals surface area contributed by atoms with Crippen molar-refractivity contribution in [3.63, 3.8) is 0 Å². The zero-order chi connectivity index (χ0) is 11.0. The first-order valence-corrected chi connectivity index (χ1v) is 6.40. The van der Waals surface area contributed by atoms with Gasteiger partial charge in [0.2, 0.25) is 0 Å². The first-order chi connectivity index (χ1) is 7.81. The lowest BCUT2D eigenvalue weighted by molar-refractivity contribution is -0.0102. The zero-order valence-corrected chi connectivity index (χ0v) is 9.91. The van der Waals surface area contributed by atoms with Crippen LogP contribution in [0.15, 0.2) is 12.1 Å². The number of rotatable bonds is 4. The van der Waals surface area contributed by atoms with Gasteiger partial charge in [-0.05, 0) is 56.7 Å². The van der Waals surface area contributed by atoms with Crippen LogP contribution in [0.5, 0.6) is 0 Å². The summed E-state index contributed by atoms with van der Waals surface area (Å²) in [6.45, 7) is 2.85. The molecule has 1 heterocycles. The number of nitrogens with zero attached hydrogens (tertiary/aromatic N) is 1. The van der Waals surface area contributed by atoms with E-state index < -0.39 is 0 Å². The summed E-state index contributed by atoms with van der Waals surface area (Å²) in [6.07, 6.45) is 6.95. The number of aryl methyl sites for hydroxylation is 1. The maximum absolute atomic E-state index is 5.81. The summed E-state index contributed by atoms with van der Waals surface area (Å²) >= 11 is 0. The van der Waals surface area contributed by atoms with Crippen LogP contribution in [0.3, 0.4) is 0 Å². The van der Waals surface area contributed by atoms with E-state index in [1.807, 2.05) is 0 Å². The average molecular weight is 217 g/mol. The molecule has 0 bridgehead atoms. The molecule has 0 atom stereocenters. The molecule has 86 valence electrons. The monoisotopic (exact) mass is 217 g/mol. The molecule has 0 unspecified atom stereocenters. The molecule has 2 fully saturated rings. The molecule has 2 heteroatoms. The van der Waals surface area contributed by atoms with Gasteiger partial charge in [-0.25, -0.2) is 0 Å². The Morgan fingerprint density at radius 3 is 2.69 bits per heavy atom. The Balaban J connectivity index is 1.67. The molecule has 0 spiro atoms. The highest BCUT2D eigenvalue weighted by atomic mass is 16.5. The Labute approximate surface area is 97.0 Å². The van der Waals surface area contributed by atoms with Gasteiger partial charge in [-0.2, -0.15) is 0 Å². The third-order valence-electron chi connectivity index (χ3n) is 3.56. The first-order valence-electron chi connectivity index (χ1n) is 6.40. The minimum Gasteiger partial charge on any atom is -0.372 e. The summed E-state index contributed by atoms with van der Waals surface area (Å²) < 4.78 is 5.81. The van der Waals surface area contributed by atoms with Gasteiger partial charge >= 0.3 is 0 Å². The molecule has 0 N–H and O–H groups in total. The fraction of sp³-hybridized carbons (Fsp3) is 0.643. The van der Waals surface area contributed by atoms with Gasteiger partial charge in [-0.3, -0.25) is 4.98 Å². The molecular weight excluding hydrogens is 198 g/mol. The van der Waals surface area contributed by atoms with Gasteiger partial charge in [-0.15, -0.1) is 0 Å². The van der Waals surface area contributed by atoms with Crippen LogP contribution in [-0.2, 0) is 11.3 Å². The molecule has 3 rings (SSSR count). The Morgan fingerprint density at radius 2 is 2.06 bits per heavy atom. The fourth-order valence-corrected chi connectivity index (χ4v) is 2.17. The van der Waals surface area contributed by atoms with Crippen molar-refractivity contribution in [1.29, 1.82) is 0 Å². The summed E-state index contributed by atoms with van der Waals surface area (Å²) in [7, 11) is 0. The zero-order valence-electron chi connectivity index (χ0n) is 9.91. The third-order valence-corrected chi connectivity index (χ3v) is 3.56. The maximum Gasteiger partial charge on any atom is 0.0891 e. The van der Waals surface area contributed by atoms with Gasteiger partial charge in [0.05, 0.1) is 18.4 Å².